The van der Waals surface area contributed by atoms with Crippen LogP contribution in [0.1, 0.15) is 49.7 Å². The fraction of sp³-hybridized carbons (Fsp3) is 0.471. The summed E-state index contributed by atoms with van der Waals surface area (Å²) >= 11 is 0. The van der Waals surface area contributed by atoms with Crippen LogP contribution < -0.4 is 0 Å². The van der Waals surface area contributed by atoms with Gasteiger partial charge in [-0.2, -0.15) is 0 Å². The lowest BCUT2D eigenvalue weighted by Gasteiger charge is -2.27. The Kier molecular flexibility index (Phi) is 2.89. The molecule has 0 bridgehead atoms. The summed E-state index contributed by atoms with van der Waals surface area (Å²) in [4.78, 5) is 14.3. The van der Waals surface area contributed by atoms with Crippen molar-refractivity contribution in [1.29, 1.82) is 0 Å². The number of carbonyl (C=O) groups excluding carboxylic acids is 1. The van der Waals surface area contributed by atoms with Gasteiger partial charge in [-0.15, -0.1) is 0 Å². The van der Waals surface area contributed by atoms with Crippen molar-refractivity contribution in [2.24, 2.45) is 0 Å². The average molecular weight is 270 g/mol. The second kappa shape index (κ2) is 4.37. The molecular formula is C17H22N2O. The molecule has 0 radical (unpaired) electrons. The normalized spacial score (nSPS) is 17.6. The Morgan fingerprint density at radius 3 is 2.45 bits per heavy atom. The summed E-state index contributed by atoms with van der Waals surface area (Å²) in [6.45, 7) is 11.3. The molecule has 0 unspecified atom stereocenters. The van der Waals surface area contributed by atoms with E-state index in [0.29, 0.717) is 6.67 Å². The number of hydrogen-bond acceptors (Lipinski definition) is 1. The molecule has 3 heterocycles. The van der Waals surface area contributed by atoms with E-state index in [4.69, 9.17) is 0 Å². The Labute approximate surface area is 120 Å². The first-order valence-corrected chi connectivity index (χ1v) is 7.43. The van der Waals surface area contributed by atoms with Crippen LogP contribution in [-0.2, 0) is 17.9 Å². The number of nitrogens with zero attached hydrogens (tertiary/aromatic N) is 2. The van der Waals surface area contributed by atoms with Gasteiger partial charge in [-0.3, -0.25) is 9.69 Å². The molecule has 3 heteroatoms. The summed E-state index contributed by atoms with van der Waals surface area (Å²) in [5, 5.41) is 0. The van der Waals surface area contributed by atoms with Crippen LogP contribution in [0.2, 0.25) is 0 Å². The lowest BCUT2D eigenvalue weighted by molar-refractivity contribution is -0.125. The van der Waals surface area contributed by atoms with Gasteiger partial charge < -0.3 is 4.57 Å². The van der Waals surface area contributed by atoms with Crippen molar-refractivity contribution in [2.45, 2.75) is 54.1 Å². The molecule has 106 valence electrons. The summed E-state index contributed by atoms with van der Waals surface area (Å²) < 4.78 is 2.28. The van der Waals surface area contributed by atoms with Gasteiger partial charge in [0.1, 0.15) is 6.67 Å². The van der Waals surface area contributed by atoms with Gasteiger partial charge in [0.25, 0.3) is 5.91 Å². The van der Waals surface area contributed by atoms with Gasteiger partial charge in [-0.1, -0.05) is 13.8 Å². The van der Waals surface area contributed by atoms with Gasteiger partial charge >= 0.3 is 0 Å². The van der Waals surface area contributed by atoms with Crippen LogP contribution in [0.4, 0.5) is 0 Å². The predicted molar refractivity (Wildman–Crippen MR) is 81.1 cm³/mol. The van der Waals surface area contributed by atoms with E-state index in [1.807, 2.05) is 11.8 Å². The number of amides is 1. The van der Waals surface area contributed by atoms with Gasteiger partial charge in [0.15, 0.2) is 0 Å². The predicted octanol–water partition coefficient (Wildman–Crippen LogP) is 3.55. The van der Waals surface area contributed by atoms with E-state index in [1.165, 1.54) is 28.1 Å². The molecule has 1 amide bonds. The molecule has 0 atom stereocenters. The SMILES string of the molecule is CCC1=C(C)C(=O)N2Cn3c(C)c(CC)c(C)c3C=C12. The first kappa shape index (κ1) is 13.2. The minimum absolute atomic E-state index is 0.169. The minimum atomic E-state index is 0.169. The van der Waals surface area contributed by atoms with Gasteiger partial charge in [0.2, 0.25) is 0 Å². The Balaban J connectivity index is 2.21. The van der Waals surface area contributed by atoms with E-state index in [2.05, 4.69) is 38.3 Å². The molecule has 0 aromatic carbocycles. The zero-order chi connectivity index (χ0) is 14.6. The van der Waals surface area contributed by atoms with Crippen molar-refractivity contribution >= 4 is 12.0 Å². The fourth-order valence-electron chi connectivity index (χ4n) is 3.68. The molecule has 2 aliphatic heterocycles. The largest absolute Gasteiger partial charge is 0.326 e. The summed E-state index contributed by atoms with van der Waals surface area (Å²) in [6.07, 6.45) is 4.17. The van der Waals surface area contributed by atoms with Gasteiger partial charge in [-0.05, 0) is 56.4 Å². The van der Waals surface area contributed by atoms with Gasteiger partial charge in [0, 0.05) is 17.0 Å². The Morgan fingerprint density at radius 1 is 1.15 bits per heavy atom. The fourth-order valence-corrected chi connectivity index (χ4v) is 3.68. The molecule has 0 spiro atoms. The number of carbonyl (C=O) groups is 1. The third-order valence-electron chi connectivity index (χ3n) is 4.85. The van der Waals surface area contributed by atoms with Crippen LogP contribution in [0.5, 0.6) is 0 Å². The molecule has 0 fully saturated rings. The number of hydrogen-bond donors (Lipinski definition) is 0. The maximum Gasteiger partial charge on any atom is 0.255 e. The second-order valence-electron chi connectivity index (χ2n) is 5.72. The third-order valence-corrected chi connectivity index (χ3v) is 4.85. The van der Waals surface area contributed by atoms with Gasteiger partial charge in [-0.25, -0.2) is 0 Å². The van der Waals surface area contributed by atoms with E-state index in [1.54, 1.807) is 0 Å². The maximum atomic E-state index is 12.4. The zero-order valence-electron chi connectivity index (χ0n) is 13.0. The maximum absolute atomic E-state index is 12.4. The van der Waals surface area contributed by atoms with Crippen molar-refractivity contribution in [3.8, 4) is 0 Å². The Bertz CT molecular complexity index is 674. The standard InChI is InChI=1S/C17H22N2O/c1-6-13-10(3)15-8-16-14(7-2)11(4)17(20)19(16)9-18(15)12(13)5/h8H,6-7,9H2,1-5H3. The number of rotatable bonds is 2. The monoisotopic (exact) mass is 270 g/mol. The molecule has 1 aromatic heterocycles. The molecule has 3 nitrogen and oxygen atoms in total. The minimum Gasteiger partial charge on any atom is -0.326 e. The highest BCUT2D eigenvalue weighted by Crippen LogP contribution is 2.38. The molecule has 0 N–H and O–H groups in total. The van der Waals surface area contributed by atoms with Gasteiger partial charge in [0.05, 0.1) is 5.70 Å². The highest BCUT2D eigenvalue weighted by molar-refractivity contribution is 6.01. The smallest absolute Gasteiger partial charge is 0.255 e. The lowest BCUT2D eigenvalue weighted by Crippen LogP contribution is -2.31. The molecule has 2 aliphatic rings. The summed E-state index contributed by atoms with van der Waals surface area (Å²) in [6, 6.07) is 0. The summed E-state index contributed by atoms with van der Waals surface area (Å²) in [5.41, 5.74) is 8.59. The van der Waals surface area contributed by atoms with Crippen LogP contribution in [0, 0.1) is 13.8 Å². The quantitative estimate of drug-likeness (QED) is 0.807. The van der Waals surface area contributed by atoms with Crippen LogP contribution >= 0.6 is 0 Å². The van der Waals surface area contributed by atoms with Crippen LogP contribution in [0.25, 0.3) is 6.08 Å². The molecule has 3 rings (SSSR count). The number of aromatic nitrogens is 1. The van der Waals surface area contributed by atoms with E-state index in [0.717, 1.165) is 24.1 Å². The summed E-state index contributed by atoms with van der Waals surface area (Å²) in [7, 11) is 0. The number of allylic oxidation sites excluding steroid dienone is 1. The average Bonchev–Trinajstić information content (AvgIpc) is 2.82. The van der Waals surface area contributed by atoms with Crippen LogP contribution in [-0.4, -0.2) is 15.4 Å². The Hall–Kier alpha value is -1.77. The molecule has 0 saturated heterocycles. The van der Waals surface area contributed by atoms with Crippen LogP contribution in [0.3, 0.4) is 0 Å². The highest BCUT2D eigenvalue weighted by Gasteiger charge is 2.35. The Morgan fingerprint density at radius 2 is 1.85 bits per heavy atom. The second-order valence-corrected chi connectivity index (χ2v) is 5.72. The third kappa shape index (κ3) is 1.49. The lowest BCUT2D eigenvalue weighted by atomic mass is 10.0. The van der Waals surface area contributed by atoms with Crippen molar-refractivity contribution in [2.75, 3.05) is 0 Å². The highest BCUT2D eigenvalue weighted by atomic mass is 16.2. The van der Waals surface area contributed by atoms with Crippen molar-refractivity contribution in [3.63, 3.8) is 0 Å². The zero-order valence-corrected chi connectivity index (χ0v) is 13.0. The summed E-state index contributed by atoms with van der Waals surface area (Å²) in [5.74, 6) is 0.169. The molecular weight excluding hydrogens is 248 g/mol. The first-order valence-electron chi connectivity index (χ1n) is 7.43. The van der Waals surface area contributed by atoms with E-state index >= 15 is 0 Å². The molecule has 1 aromatic rings. The van der Waals surface area contributed by atoms with Crippen molar-refractivity contribution in [3.05, 3.63) is 39.4 Å². The first-order chi connectivity index (χ1) is 9.51. The topological polar surface area (TPSA) is 25.2 Å². The van der Waals surface area contributed by atoms with Crippen LogP contribution in [0.15, 0.2) is 16.8 Å². The molecule has 20 heavy (non-hydrogen) atoms. The molecule has 0 saturated carbocycles. The molecule has 0 aliphatic carbocycles. The van der Waals surface area contributed by atoms with E-state index < -0.39 is 0 Å². The van der Waals surface area contributed by atoms with E-state index in [9.17, 15) is 4.79 Å². The van der Waals surface area contributed by atoms with Crippen molar-refractivity contribution in [1.82, 2.24) is 9.47 Å². The number of fused-ring (bicyclic) bond motifs is 2. The van der Waals surface area contributed by atoms with Crippen molar-refractivity contribution < 1.29 is 4.79 Å². The van der Waals surface area contributed by atoms with E-state index in [-0.39, 0.29) is 5.91 Å².